The molecule has 0 saturated heterocycles. The van der Waals surface area contributed by atoms with Gasteiger partial charge in [-0.25, -0.2) is 5.43 Å². The molecule has 2 aromatic carbocycles. The third-order valence-electron chi connectivity index (χ3n) is 3.65. The topological polar surface area (TPSA) is 79.8 Å². The van der Waals surface area contributed by atoms with Crippen LogP contribution in [-0.2, 0) is 16.0 Å². The zero-order valence-corrected chi connectivity index (χ0v) is 16.9. The van der Waals surface area contributed by atoms with Crippen LogP contribution in [0.25, 0.3) is 0 Å². The van der Waals surface area contributed by atoms with Gasteiger partial charge in [0.1, 0.15) is 12.2 Å². The molecule has 0 unspecified atom stereocenters. The van der Waals surface area contributed by atoms with Gasteiger partial charge in [-0.05, 0) is 64.7 Å². The van der Waals surface area contributed by atoms with Gasteiger partial charge in [-0.2, -0.15) is 5.10 Å². The van der Waals surface area contributed by atoms with E-state index in [0.717, 1.165) is 33.5 Å². The zero-order chi connectivity index (χ0) is 19.6. The van der Waals surface area contributed by atoms with E-state index in [-0.39, 0.29) is 12.3 Å². The minimum atomic E-state index is -0.484. The molecule has 0 bridgehead atoms. The van der Waals surface area contributed by atoms with Gasteiger partial charge in [-0.15, -0.1) is 0 Å². The Balaban J connectivity index is 1.85. The second-order valence-corrected chi connectivity index (χ2v) is 6.51. The summed E-state index contributed by atoms with van der Waals surface area (Å²) in [6, 6.07) is 13.0. The monoisotopic (exact) mass is 431 g/mol. The molecule has 0 spiro atoms. The second kappa shape index (κ2) is 10.5. The highest BCUT2D eigenvalue weighted by molar-refractivity contribution is 9.10. The van der Waals surface area contributed by atoms with Gasteiger partial charge in [-0.1, -0.05) is 25.1 Å². The quantitative estimate of drug-likeness (QED) is 0.377. The molecule has 2 rings (SSSR count). The molecular formula is C20H22BrN3O3. The van der Waals surface area contributed by atoms with E-state index in [4.69, 9.17) is 4.74 Å². The molecule has 7 heteroatoms. The van der Waals surface area contributed by atoms with Crippen LogP contribution in [0.1, 0.15) is 31.4 Å². The molecule has 2 amide bonds. The Kier molecular flexibility index (Phi) is 8.00. The Morgan fingerprint density at radius 1 is 1.15 bits per heavy atom. The molecular weight excluding hydrogens is 410 g/mol. The number of aryl methyl sites for hydroxylation is 1. The summed E-state index contributed by atoms with van der Waals surface area (Å²) in [6.07, 6.45) is 2.00. The first-order valence-corrected chi connectivity index (χ1v) is 9.44. The number of carbonyl (C=O) groups excluding carboxylic acids is 2. The Bertz CT molecular complexity index is 837. The fourth-order valence-corrected chi connectivity index (χ4v) is 2.89. The lowest BCUT2D eigenvalue weighted by molar-refractivity contribution is -0.126. The fourth-order valence-electron chi connectivity index (χ4n) is 2.38. The molecule has 0 fully saturated rings. The molecule has 0 heterocycles. The van der Waals surface area contributed by atoms with E-state index in [9.17, 15) is 9.59 Å². The molecule has 0 aromatic heterocycles. The molecule has 0 saturated carbocycles. The Morgan fingerprint density at radius 2 is 1.93 bits per heavy atom. The predicted molar refractivity (Wildman–Crippen MR) is 110 cm³/mol. The van der Waals surface area contributed by atoms with Crippen molar-refractivity contribution in [3.05, 3.63) is 58.1 Å². The van der Waals surface area contributed by atoms with Crippen LogP contribution in [0.15, 0.2) is 52.0 Å². The lowest BCUT2D eigenvalue weighted by atomic mass is 10.1. The van der Waals surface area contributed by atoms with Crippen molar-refractivity contribution in [3.63, 3.8) is 0 Å². The molecule has 6 nitrogen and oxygen atoms in total. The third kappa shape index (κ3) is 6.53. The Hall–Kier alpha value is -2.67. The number of amides is 2. The van der Waals surface area contributed by atoms with Gasteiger partial charge in [0.05, 0.1) is 17.3 Å². The summed E-state index contributed by atoms with van der Waals surface area (Å²) < 4.78 is 6.24. The van der Waals surface area contributed by atoms with Gasteiger partial charge in [0, 0.05) is 5.69 Å². The number of benzene rings is 2. The third-order valence-corrected chi connectivity index (χ3v) is 4.27. The van der Waals surface area contributed by atoms with Crippen molar-refractivity contribution in [1.29, 1.82) is 0 Å². The number of nitrogens with one attached hydrogen (secondary N) is 2. The normalized spacial score (nSPS) is 10.6. The van der Waals surface area contributed by atoms with Crippen LogP contribution in [0.4, 0.5) is 5.69 Å². The molecule has 0 atom stereocenters. The summed E-state index contributed by atoms with van der Waals surface area (Å²) in [6.45, 7) is 4.49. The van der Waals surface area contributed by atoms with Crippen molar-refractivity contribution in [2.45, 2.75) is 26.7 Å². The average molecular weight is 432 g/mol. The van der Waals surface area contributed by atoms with E-state index >= 15 is 0 Å². The maximum absolute atomic E-state index is 12.0. The van der Waals surface area contributed by atoms with Gasteiger partial charge in [0.25, 0.3) is 0 Å². The number of anilines is 1. The van der Waals surface area contributed by atoms with Crippen LogP contribution < -0.4 is 15.5 Å². The number of para-hydroxylation sites is 1. The van der Waals surface area contributed by atoms with E-state index < -0.39 is 5.91 Å². The fraction of sp³-hybridized carbons (Fsp3) is 0.250. The lowest BCUT2D eigenvalue weighted by Crippen LogP contribution is -2.25. The highest BCUT2D eigenvalue weighted by Crippen LogP contribution is 2.25. The minimum Gasteiger partial charge on any atom is -0.493 e. The van der Waals surface area contributed by atoms with E-state index in [2.05, 4.69) is 31.8 Å². The predicted octanol–water partition coefficient (Wildman–Crippen LogP) is 3.89. The standard InChI is InChI=1S/C20H22BrN3O3/c1-3-15-7-5-6-8-17(15)23-19(25)12-20(26)24-22-13-14-9-10-18(27-4-2)16(21)11-14/h5-11,13H,3-4,12H2,1-2H3,(H,23,25)(H,24,26). The van der Waals surface area contributed by atoms with E-state index in [1.165, 1.54) is 6.21 Å². The number of ether oxygens (including phenoxy) is 1. The van der Waals surface area contributed by atoms with E-state index in [1.807, 2.05) is 56.3 Å². The van der Waals surface area contributed by atoms with E-state index in [1.54, 1.807) is 0 Å². The van der Waals surface area contributed by atoms with Crippen LogP contribution in [0.2, 0.25) is 0 Å². The van der Waals surface area contributed by atoms with Crippen molar-refractivity contribution in [3.8, 4) is 5.75 Å². The first kappa shape index (κ1) is 20.6. The van der Waals surface area contributed by atoms with Gasteiger partial charge in [0.2, 0.25) is 11.8 Å². The summed E-state index contributed by atoms with van der Waals surface area (Å²) in [4.78, 5) is 23.9. The molecule has 142 valence electrons. The SMILES string of the molecule is CCOc1ccc(C=NNC(=O)CC(=O)Nc2ccccc2CC)cc1Br. The Labute approximate surface area is 167 Å². The molecule has 0 aliphatic heterocycles. The molecule has 27 heavy (non-hydrogen) atoms. The van der Waals surface area contributed by atoms with Gasteiger partial charge in [0.15, 0.2) is 0 Å². The first-order chi connectivity index (χ1) is 13.0. The van der Waals surface area contributed by atoms with Crippen LogP contribution in [0.3, 0.4) is 0 Å². The maximum atomic E-state index is 12.0. The summed E-state index contributed by atoms with van der Waals surface area (Å²) in [7, 11) is 0. The molecule has 0 radical (unpaired) electrons. The largest absolute Gasteiger partial charge is 0.493 e. The summed E-state index contributed by atoms with van der Waals surface area (Å²) in [5.74, 6) is -0.127. The van der Waals surface area contributed by atoms with Crippen LogP contribution in [0.5, 0.6) is 5.75 Å². The van der Waals surface area contributed by atoms with Crippen molar-refractivity contribution >= 4 is 39.6 Å². The number of hydrogen-bond donors (Lipinski definition) is 2. The highest BCUT2D eigenvalue weighted by atomic mass is 79.9. The lowest BCUT2D eigenvalue weighted by Gasteiger charge is -2.09. The minimum absolute atomic E-state index is 0.303. The van der Waals surface area contributed by atoms with Gasteiger partial charge >= 0.3 is 0 Å². The van der Waals surface area contributed by atoms with Crippen LogP contribution in [-0.4, -0.2) is 24.6 Å². The average Bonchev–Trinajstić information content (AvgIpc) is 2.64. The van der Waals surface area contributed by atoms with Crippen LogP contribution >= 0.6 is 15.9 Å². The van der Waals surface area contributed by atoms with Crippen molar-refractivity contribution < 1.29 is 14.3 Å². The van der Waals surface area contributed by atoms with Gasteiger partial charge in [-0.3, -0.25) is 9.59 Å². The number of hydrazone groups is 1. The second-order valence-electron chi connectivity index (χ2n) is 5.65. The molecule has 2 N–H and O–H groups in total. The molecule has 0 aliphatic rings. The number of hydrogen-bond acceptors (Lipinski definition) is 4. The van der Waals surface area contributed by atoms with Gasteiger partial charge < -0.3 is 10.1 Å². The number of halogens is 1. The summed E-state index contributed by atoms with van der Waals surface area (Å²) in [5, 5.41) is 6.64. The Morgan fingerprint density at radius 3 is 2.63 bits per heavy atom. The molecule has 0 aliphatic carbocycles. The van der Waals surface area contributed by atoms with Crippen molar-refractivity contribution in [1.82, 2.24) is 5.43 Å². The summed E-state index contributed by atoms with van der Waals surface area (Å²) >= 11 is 3.42. The number of carbonyl (C=O) groups is 2. The maximum Gasteiger partial charge on any atom is 0.249 e. The van der Waals surface area contributed by atoms with E-state index in [0.29, 0.717) is 6.61 Å². The summed E-state index contributed by atoms with van der Waals surface area (Å²) in [5.41, 5.74) is 4.88. The first-order valence-electron chi connectivity index (χ1n) is 8.65. The number of nitrogens with zero attached hydrogens (tertiary/aromatic N) is 1. The van der Waals surface area contributed by atoms with Crippen molar-refractivity contribution in [2.24, 2.45) is 5.10 Å². The van der Waals surface area contributed by atoms with Crippen LogP contribution in [0, 0.1) is 0 Å². The molecule has 2 aromatic rings. The van der Waals surface area contributed by atoms with Crippen molar-refractivity contribution in [2.75, 3.05) is 11.9 Å². The number of rotatable bonds is 8. The highest BCUT2D eigenvalue weighted by Gasteiger charge is 2.10. The smallest absolute Gasteiger partial charge is 0.249 e. The zero-order valence-electron chi connectivity index (χ0n) is 15.3.